The molecule has 2 nitrogen and oxygen atoms in total. The first kappa shape index (κ1) is 22.9. The Labute approximate surface area is 164 Å². The van der Waals surface area contributed by atoms with Gasteiger partial charge in [-0.25, -0.2) is 0 Å². The van der Waals surface area contributed by atoms with E-state index in [9.17, 15) is 0 Å². The monoisotopic (exact) mass is 360 g/mol. The summed E-state index contributed by atoms with van der Waals surface area (Å²) in [6.07, 6.45) is 11.3. The van der Waals surface area contributed by atoms with Crippen LogP contribution in [0, 0.1) is 0 Å². The van der Waals surface area contributed by atoms with Gasteiger partial charge in [0.05, 0.1) is 0 Å². The highest BCUT2D eigenvalue weighted by Crippen LogP contribution is 2.27. The molecule has 0 aromatic heterocycles. The van der Waals surface area contributed by atoms with Gasteiger partial charge in [0, 0.05) is 37.6 Å². The number of anilines is 2. The third kappa shape index (κ3) is 8.01. The highest BCUT2D eigenvalue weighted by Gasteiger charge is 2.12. The van der Waals surface area contributed by atoms with Gasteiger partial charge >= 0.3 is 0 Å². The molecular formula is C24H44N2. The fraction of sp³-hybridized carbons (Fsp3) is 0.750. The number of nitrogens with zero attached hydrogens (tertiary/aromatic N) is 2. The van der Waals surface area contributed by atoms with E-state index in [1.165, 1.54) is 94.5 Å². The highest BCUT2D eigenvalue weighted by atomic mass is 15.1. The third-order valence-electron chi connectivity index (χ3n) is 5.23. The summed E-state index contributed by atoms with van der Waals surface area (Å²) >= 11 is 0. The molecule has 0 radical (unpaired) electrons. The van der Waals surface area contributed by atoms with E-state index in [2.05, 4.69) is 62.6 Å². The first-order valence-electron chi connectivity index (χ1n) is 11.3. The summed E-state index contributed by atoms with van der Waals surface area (Å²) in [6, 6.07) is 7.34. The van der Waals surface area contributed by atoms with Crippen molar-refractivity contribution in [2.75, 3.05) is 36.0 Å². The third-order valence-corrected chi connectivity index (χ3v) is 5.23. The van der Waals surface area contributed by atoms with Gasteiger partial charge in [-0.05, 0) is 55.9 Å². The van der Waals surface area contributed by atoms with Gasteiger partial charge in [-0.3, -0.25) is 0 Å². The smallest absolute Gasteiger partial charge is 0.0389 e. The lowest BCUT2D eigenvalue weighted by Gasteiger charge is -2.30. The maximum Gasteiger partial charge on any atom is 0.0389 e. The maximum absolute atomic E-state index is 2.63. The van der Waals surface area contributed by atoms with Gasteiger partial charge in [-0.2, -0.15) is 0 Å². The number of unbranched alkanes of at least 4 members (excludes halogenated alkanes) is 4. The van der Waals surface area contributed by atoms with Crippen LogP contribution in [0.3, 0.4) is 0 Å². The van der Waals surface area contributed by atoms with Gasteiger partial charge in [0.15, 0.2) is 0 Å². The zero-order valence-electron chi connectivity index (χ0n) is 18.3. The van der Waals surface area contributed by atoms with Crippen molar-refractivity contribution in [1.29, 1.82) is 0 Å². The Morgan fingerprint density at radius 1 is 0.538 bits per heavy atom. The summed E-state index contributed by atoms with van der Waals surface area (Å²) in [6.45, 7) is 16.2. The van der Waals surface area contributed by atoms with Crippen molar-refractivity contribution in [3.8, 4) is 0 Å². The first-order chi connectivity index (χ1) is 12.7. The second-order valence-corrected chi connectivity index (χ2v) is 7.60. The van der Waals surface area contributed by atoms with Gasteiger partial charge in [0.1, 0.15) is 0 Å². The minimum Gasteiger partial charge on any atom is -0.371 e. The summed E-state index contributed by atoms with van der Waals surface area (Å²) in [5.41, 5.74) is 4.37. The van der Waals surface area contributed by atoms with E-state index in [0.717, 1.165) is 6.42 Å². The Morgan fingerprint density at radius 3 is 1.15 bits per heavy atom. The van der Waals surface area contributed by atoms with Crippen LogP contribution in [0.1, 0.15) is 91.5 Å². The summed E-state index contributed by atoms with van der Waals surface area (Å²) in [5, 5.41) is 0. The summed E-state index contributed by atoms with van der Waals surface area (Å²) in [7, 11) is 0. The number of hydrogen-bond acceptors (Lipinski definition) is 2. The van der Waals surface area contributed by atoms with Crippen LogP contribution in [0.25, 0.3) is 0 Å². The van der Waals surface area contributed by atoms with Gasteiger partial charge in [-0.1, -0.05) is 60.3 Å². The molecule has 0 aliphatic heterocycles. The lowest BCUT2D eigenvalue weighted by atomic mass is 10.1. The zero-order valence-corrected chi connectivity index (χ0v) is 18.3. The molecule has 2 heteroatoms. The SMILES string of the molecule is CCCCN(CCCC)c1cc(CC)cc(N(CCCC)CCCC)c1. The molecular weight excluding hydrogens is 316 g/mol. The van der Waals surface area contributed by atoms with Crippen LogP contribution in [0.5, 0.6) is 0 Å². The summed E-state index contributed by atoms with van der Waals surface area (Å²) < 4.78 is 0. The van der Waals surface area contributed by atoms with E-state index >= 15 is 0 Å². The quantitative estimate of drug-likeness (QED) is 0.330. The van der Waals surface area contributed by atoms with E-state index in [1.54, 1.807) is 0 Å². The van der Waals surface area contributed by atoms with Crippen LogP contribution in [0.2, 0.25) is 0 Å². The topological polar surface area (TPSA) is 6.48 Å². The maximum atomic E-state index is 2.63. The molecule has 0 aliphatic rings. The molecule has 0 saturated carbocycles. The minimum absolute atomic E-state index is 1.12. The molecule has 0 amide bonds. The highest BCUT2D eigenvalue weighted by molar-refractivity contribution is 5.62. The van der Waals surface area contributed by atoms with Gasteiger partial charge in [0.2, 0.25) is 0 Å². The largest absolute Gasteiger partial charge is 0.371 e. The molecule has 26 heavy (non-hydrogen) atoms. The van der Waals surface area contributed by atoms with Crippen LogP contribution in [0.15, 0.2) is 18.2 Å². The molecule has 0 heterocycles. The first-order valence-corrected chi connectivity index (χ1v) is 11.3. The van der Waals surface area contributed by atoms with E-state index in [1.807, 2.05) is 0 Å². The van der Waals surface area contributed by atoms with E-state index in [0.29, 0.717) is 0 Å². The number of aryl methyl sites for hydroxylation is 1. The molecule has 0 atom stereocenters. The van der Waals surface area contributed by atoms with Crippen molar-refractivity contribution >= 4 is 11.4 Å². The Bertz CT molecular complexity index is 415. The van der Waals surface area contributed by atoms with Crippen LogP contribution in [-0.4, -0.2) is 26.2 Å². The molecule has 1 aromatic rings. The Kier molecular flexibility index (Phi) is 12.3. The van der Waals surface area contributed by atoms with Crippen molar-refractivity contribution in [3.63, 3.8) is 0 Å². The van der Waals surface area contributed by atoms with Gasteiger partial charge in [-0.15, -0.1) is 0 Å². The molecule has 0 aliphatic carbocycles. The number of hydrogen-bond donors (Lipinski definition) is 0. The molecule has 1 aromatic carbocycles. The van der Waals surface area contributed by atoms with Gasteiger partial charge < -0.3 is 9.80 Å². The van der Waals surface area contributed by atoms with Gasteiger partial charge in [0.25, 0.3) is 0 Å². The Balaban J connectivity index is 3.11. The molecule has 1 rings (SSSR count). The lowest BCUT2D eigenvalue weighted by molar-refractivity contribution is 0.671. The van der Waals surface area contributed by atoms with Crippen LogP contribution < -0.4 is 9.80 Å². The molecule has 0 fully saturated rings. The van der Waals surface area contributed by atoms with E-state index < -0.39 is 0 Å². The zero-order chi connectivity index (χ0) is 19.2. The predicted molar refractivity (Wildman–Crippen MR) is 120 cm³/mol. The van der Waals surface area contributed by atoms with Crippen molar-refractivity contribution in [2.45, 2.75) is 92.4 Å². The normalized spacial score (nSPS) is 11.0. The standard InChI is InChI=1S/C24H44N2/c1-6-11-15-25(16-12-7-2)23-19-22(10-5)20-24(21-23)26(17-13-8-3)18-14-9-4/h19-21H,6-18H2,1-5H3. The Morgan fingerprint density at radius 2 is 0.885 bits per heavy atom. The predicted octanol–water partition coefficient (Wildman–Crippen LogP) is 7.06. The molecule has 0 spiro atoms. The fourth-order valence-electron chi connectivity index (χ4n) is 3.36. The van der Waals surface area contributed by atoms with Crippen LogP contribution in [-0.2, 0) is 6.42 Å². The van der Waals surface area contributed by atoms with Crippen LogP contribution in [0.4, 0.5) is 11.4 Å². The molecule has 0 bridgehead atoms. The summed E-state index contributed by atoms with van der Waals surface area (Å²) in [4.78, 5) is 5.26. The summed E-state index contributed by atoms with van der Waals surface area (Å²) in [5.74, 6) is 0. The second kappa shape index (κ2) is 13.9. The van der Waals surface area contributed by atoms with E-state index in [-0.39, 0.29) is 0 Å². The lowest BCUT2D eigenvalue weighted by Crippen LogP contribution is -2.28. The fourth-order valence-corrected chi connectivity index (χ4v) is 3.36. The van der Waals surface area contributed by atoms with Crippen LogP contribution >= 0.6 is 0 Å². The van der Waals surface area contributed by atoms with Crippen molar-refractivity contribution in [1.82, 2.24) is 0 Å². The number of rotatable bonds is 15. The minimum atomic E-state index is 1.12. The average Bonchev–Trinajstić information content (AvgIpc) is 2.67. The average molecular weight is 361 g/mol. The molecule has 0 saturated heterocycles. The van der Waals surface area contributed by atoms with E-state index in [4.69, 9.17) is 0 Å². The van der Waals surface area contributed by atoms with Crippen molar-refractivity contribution in [3.05, 3.63) is 23.8 Å². The molecule has 150 valence electrons. The van der Waals surface area contributed by atoms with Crippen molar-refractivity contribution in [2.24, 2.45) is 0 Å². The van der Waals surface area contributed by atoms with Crippen molar-refractivity contribution < 1.29 is 0 Å². The second-order valence-electron chi connectivity index (χ2n) is 7.60. The number of benzene rings is 1. The molecule has 0 N–H and O–H groups in total. The Hall–Kier alpha value is -1.18. The molecule has 0 unspecified atom stereocenters.